The standard InChI is InChI=1S/C20H19ClN4O2S/c1-3-26-17-8-10-18(11-9-17)27-13-19-23-24-20(28-14(2)12-22)25(19)16-6-4-15(21)5-7-16/h4-11,14H,3,13H2,1-2H3. The number of nitriles is 1. The molecule has 2 aromatic carbocycles. The predicted octanol–water partition coefficient (Wildman–Crippen LogP) is 4.90. The highest BCUT2D eigenvalue weighted by Crippen LogP contribution is 2.27. The van der Waals surface area contributed by atoms with Crippen LogP contribution in [0.15, 0.2) is 53.7 Å². The molecule has 0 amide bonds. The van der Waals surface area contributed by atoms with E-state index in [-0.39, 0.29) is 11.9 Å². The van der Waals surface area contributed by atoms with E-state index in [1.807, 2.05) is 54.8 Å². The zero-order chi connectivity index (χ0) is 19.9. The second kappa shape index (κ2) is 9.49. The Balaban J connectivity index is 1.83. The molecule has 0 aliphatic heterocycles. The fourth-order valence-electron chi connectivity index (χ4n) is 2.45. The molecule has 3 aromatic rings. The van der Waals surface area contributed by atoms with E-state index < -0.39 is 0 Å². The summed E-state index contributed by atoms with van der Waals surface area (Å²) in [6.07, 6.45) is 0. The fourth-order valence-corrected chi connectivity index (χ4v) is 3.35. The van der Waals surface area contributed by atoms with Crippen LogP contribution in [0.2, 0.25) is 5.02 Å². The molecule has 8 heteroatoms. The monoisotopic (exact) mass is 414 g/mol. The normalized spacial score (nSPS) is 11.6. The molecule has 0 saturated heterocycles. The number of ether oxygens (including phenoxy) is 2. The van der Waals surface area contributed by atoms with Crippen LogP contribution >= 0.6 is 23.4 Å². The first-order valence-electron chi connectivity index (χ1n) is 8.73. The topological polar surface area (TPSA) is 73.0 Å². The van der Waals surface area contributed by atoms with E-state index in [0.717, 1.165) is 11.4 Å². The Hall–Kier alpha value is -2.69. The Morgan fingerprint density at radius 1 is 1.07 bits per heavy atom. The summed E-state index contributed by atoms with van der Waals surface area (Å²) < 4.78 is 13.2. The van der Waals surface area contributed by atoms with Gasteiger partial charge in [-0.1, -0.05) is 23.4 Å². The van der Waals surface area contributed by atoms with Crippen LogP contribution in [0.5, 0.6) is 11.5 Å². The van der Waals surface area contributed by atoms with Gasteiger partial charge in [-0.3, -0.25) is 4.57 Å². The highest BCUT2D eigenvalue weighted by molar-refractivity contribution is 8.00. The Bertz CT molecular complexity index is 952. The third-order valence-corrected chi connectivity index (χ3v) is 4.94. The minimum atomic E-state index is -0.255. The van der Waals surface area contributed by atoms with E-state index in [1.165, 1.54) is 11.8 Å². The van der Waals surface area contributed by atoms with Gasteiger partial charge in [-0.15, -0.1) is 10.2 Å². The summed E-state index contributed by atoms with van der Waals surface area (Å²) in [4.78, 5) is 0. The molecule has 0 radical (unpaired) electrons. The van der Waals surface area contributed by atoms with Crippen LogP contribution in [0, 0.1) is 11.3 Å². The van der Waals surface area contributed by atoms with Crippen LogP contribution in [0.1, 0.15) is 19.7 Å². The lowest BCUT2D eigenvalue weighted by Gasteiger charge is -2.12. The fraction of sp³-hybridized carbons (Fsp3) is 0.250. The Kier molecular flexibility index (Phi) is 6.80. The number of hydrogen-bond acceptors (Lipinski definition) is 6. The Labute approximate surface area is 173 Å². The van der Waals surface area contributed by atoms with E-state index in [1.54, 1.807) is 12.1 Å². The molecule has 144 valence electrons. The lowest BCUT2D eigenvalue weighted by atomic mass is 10.3. The molecule has 1 atom stereocenters. The van der Waals surface area contributed by atoms with Gasteiger partial charge in [0.1, 0.15) is 18.1 Å². The van der Waals surface area contributed by atoms with Crippen LogP contribution in [0.25, 0.3) is 5.69 Å². The maximum Gasteiger partial charge on any atom is 0.197 e. The number of halogens is 1. The van der Waals surface area contributed by atoms with Crippen molar-refractivity contribution in [1.29, 1.82) is 5.26 Å². The van der Waals surface area contributed by atoms with Crippen molar-refractivity contribution in [2.24, 2.45) is 0 Å². The zero-order valence-corrected chi connectivity index (χ0v) is 17.1. The van der Waals surface area contributed by atoms with Gasteiger partial charge in [-0.2, -0.15) is 5.26 Å². The largest absolute Gasteiger partial charge is 0.494 e. The predicted molar refractivity (Wildman–Crippen MR) is 109 cm³/mol. The summed E-state index contributed by atoms with van der Waals surface area (Å²) in [5.74, 6) is 2.13. The van der Waals surface area contributed by atoms with Crippen molar-refractivity contribution in [3.05, 3.63) is 59.4 Å². The van der Waals surface area contributed by atoms with Crippen molar-refractivity contribution in [3.63, 3.8) is 0 Å². The highest BCUT2D eigenvalue weighted by Gasteiger charge is 2.17. The van der Waals surface area contributed by atoms with Gasteiger partial charge in [0.05, 0.1) is 17.9 Å². The second-order valence-corrected chi connectivity index (χ2v) is 7.54. The summed E-state index contributed by atoms with van der Waals surface area (Å²) in [6.45, 7) is 4.61. The molecule has 0 saturated carbocycles. The minimum absolute atomic E-state index is 0.227. The first-order chi connectivity index (χ1) is 13.6. The minimum Gasteiger partial charge on any atom is -0.494 e. The third kappa shape index (κ3) is 4.97. The van der Waals surface area contributed by atoms with E-state index in [2.05, 4.69) is 16.3 Å². The maximum atomic E-state index is 9.13. The SMILES string of the molecule is CCOc1ccc(OCc2nnc(SC(C)C#N)n2-c2ccc(Cl)cc2)cc1. The van der Waals surface area contributed by atoms with Crippen LogP contribution in [-0.2, 0) is 6.61 Å². The van der Waals surface area contributed by atoms with Crippen molar-refractivity contribution >= 4 is 23.4 Å². The molecule has 1 unspecified atom stereocenters. The first-order valence-corrected chi connectivity index (χ1v) is 9.98. The molecular formula is C20H19ClN4O2S. The lowest BCUT2D eigenvalue weighted by Crippen LogP contribution is -2.07. The van der Waals surface area contributed by atoms with Gasteiger partial charge in [0, 0.05) is 10.7 Å². The van der Waals surface area contributed by atoms with E-state index in [4.69, 9.17) is 26.3 Å². The van der Waals surface area contributed by atoms with Crippen molar-refractivity contribution in [1.82, 2.24) is 14.8 Å². The van der Waals surface area contributed by atoms with Crippen molar-refractivity contribution in [2.45, 2.75) is 30.9 Å². The Morgan fingerprint density at radius 3 is 2.32 bits per heavy atom. The summed E-state index contributed by atoms with van der Waals surface area (Å²) >= 11 is 7.35. The van der Waals surface area contributed by atoms with Crippen LogP contribution in [0.4, 0.5) is 0 Å². The van der Waals surface area contributed by atoms with Gasteiger partial charge in [-0.25, -0.2) is 0 Å². The molecule has 0 fully saturated rings. The zero-order valence-electron chi connectivity index (χ0n) is 15.5. The summed E-state index contributed by atoms with van der Waals surface area (Å²) in [7, 11) is 0. The van der Waals surface area contributed by atoms with Crippen LogP contribution < -0.4 is 9.47 Å². The van der Waals surface area contributed by atoms with Gasteiger partial charge in [-0.05, 0) is 62.4 Å². The summed E-state index contributed by atoms with van der Waals surface area (Å²) in [6, 6.07) is 17.0. The van der Waals surface area contributed by atoms with E-state index in [0.29, 0.717) is 28.4 Å². The van der Waals surface area contributed by atoms with Crippen LogP contribution in [-0.4, -0.2) is 26.6 Å². The number of rotatable bonds is 8. The van der Waals surface area contributed by atoms with Crippen molar-refractivity contribution < 1.29 is 9.47 Å². The molecule has 1 aromatic heterocycles. The molecule has 3 rings (SSSR count). The molecule has 6 nitrogen and oxygen atoms in total. The molecule has 0 aliphatic rings. The lowest BCUT2D eigenvalue weighted by molar-refractivity contribution is 0.291. The second-order valence-electron chi connectivity index (χ2n) is 5.79. The first kappa shape index (κ1) is 20.1. The van der Waals surface area contributed by atoms with Gasteiger partial charge in [0.15, 0.2) is 11.0 Å². The summed E-state index contributed by atoms with van der Waals surface area (Å²) in [5.41, 5.74) is 0.854. The highest BCUT2D eigenvalue weighted by atomic mass is 35.5. The Morgan fingerprint density at radius 2 is 1.71 bits per heavy atom. The average Bonchev–Trinajstić information content (AvgIpc) is 3.10. The third-order valence-electron chi connectivity index (χ3n) is 3.75. The van der Waals surface area contributed by atoms with Gasteiger partial charge >= 0.3 is 0 Å². The number of thioether (sulfide) groups is 1. The molecule has 28 heavy (non-hydrogen) atoms. The van der Waals surface area contributed by atoms with Crippen LogP contribution in [0.3, 0.4) is 0 Å². The van der Waals surface area contributed by atoms with E-state index in [9.17, 15) is 0 Å². The quantitative estimate of drug-likeness (QED) is 0.488. The maximum absolute atomic E-state index is 9.13. The van der Waals surface area contributed by atoms with Crippen molar-refractivity contribution in [3.8, 4) is 23.3 Å². The van der Waals surface area contributed by atoms with Crippen molar-refractivity contribution in [2.75, 3.05) is 6.61 Å². The number of nitrogens with zero attached hydrogens (tertiary/aromatic N) is 4. The molecule has 0 bridgehead atoms. The molecule has 0 aliphatic carbocycles. The van der Waals surface area contributed by atoms with E-state index >= 15 is 0 Å². The van der Waals surface area contributed by atoms with Gasteiger partial charge < -0.3 is 9.47 Å². The smallest absolute Gasteiger partial charge is 0.197 e. The van der Waals surface area contributed by atoms with Gasteiger partial charge in [0.25, 0.3) is 0 Å². The average molecular weight is 415 g/mol. The number of benzene rings is 2. The molecule has 0 N–H and O–H groups in total. The summed E-state index contributed by atoms with van der Waals surface area (Å²) in [5, 5.41) is 18.7. The molecule has 1 heterocycles. The number of aromatic nitrogens is 3. The number of hydrogen-bond donors (Lipinski definition) is 0. The molecular weight excluding hydrogens is 396 g/mol. The molecule has 0 spiro atoms. The van der Waals surface area contributed by atoms with Gasteiger partial charge in [0.2, 0.25) is 0 Å².